The zero-order valence-electron chi connectivity index (χ0n) is 28.1. The van der Waals surface area contributed by atoms with Gasteiger partial charge in [-0.15, -0.1) is 0 Å². The monoisotopic (exact) mass is 761 g/mol. The van der Waals surface area contributed by atoms with Gasteiger partial charge in [-0.05, 0) is 44.3 Å². The van der Waals surface area contributed by atoms with Crippen molar-refractivity contribution < 1.29 is 48.9 Å². The van der Waals surface area contributed by atoms with Crippen molar-refractivity contribution in [2.24, 2.45) is 15.7 Å². The van der Waals surface area contributed by atoms with E-state index < -0.39 is 90.6 Å². The highest BCUT2D eigenvalue weighted by atomic mass is 32.1. The summed E-state index contributed by atoms with van der Waals surface area (Å²) >= 11 is 3.80. The van der Waals surface area contributed by atoms with Crippen molar-refractivity contribution in [2.45, 2.75) is 50.4 Å². The molecule has 4 atom stereocenters. The van der Waals surface area contributed by atoms with E-state index in [1.54, 1.807) is 19.1 Å². The quantitative estimate of drug-likeness (QED) is 0.0472. The van der Waals surface area contributed by atoms with Gasteiger partial charge in [0.2, 0.25) is 23.7 Å². The predicted octanol–water partition coefficient (Wildman–Crippen LogP) is -2.25. The summed E-state index contributed by atoms with van der Waals surface area (Å²) in [5.74, 6) is -8.60. The molecule has 0 radical (unpaired) electrons. The second-order valence-corrected chi connectivity index (χ2v) is 11.5. The highest BCUT2D eigenvalue weighted by Crippen LogP contribution is 2.21. The molecule has 4 amide bonds. The number of benzene rings is 1. The largest absolute Gasteiger partial charge is 0.481 e. The molecule has 0 aliphatic rings. The van der Waals surface area contributed by atoms with E-state index in [-0.39, 0.29) is 41.7 Å². The van der Waals surface area contributed by atoms with Crippen LogP contribution < -0.4 is 43.6 Å². The Bertz CT molecular complexity index is 1800. The smallest absolute Gasteiger partial charge is 0.327 e. The number of carbonyl (C=O) groups is 7. The number of aliphatic imine (C=N–C) groups is 2. The lowest BCUT2D eigenvalue weighted by atomic mass is 10.1. The van der Waals surface area contributed by atoms with Crippen LogP contribution >= 0.6 is 12.6 Å². The van der Waals surface area contributed by atoms with Crippen molar-refractivity contribution in [3.05, 3.63) is 40.2 Å². The number of aromatic nitrogens is 2. The lowest BCUT2D eigenvalue weighted by Crippen LogP contribution is -2.57. The minimum Gasteiger partial charge on any atom is -0.481 e. The lowest BCUT2D eigenvalue weighted by molar-refractivity contribution is -0.143. The minimum atomic E-state index is -1.73. The summed E-state index contributed by atoms with van der Waals surface area (Å²) in [6.07, 6.45) is -1.80. The number of H-pyrrole nitrogens is 1. The zero-order chi connectivity index (χ0) is 39.8. The fourth-order valence-electron chi connectivity index (χ4n) is 4.21. The summed E-state index contributed by atoms with van der Waals surface area (Å²) in [6, 6.07) is -0.244. The highest BCUT2D eigenvalue weighted by molar-refractivity contribution is 7.80. The van der Waals surface area contributed by atoms with Crippen LogP contribution in [0.4, 0.5) is 23.1 Å². The third-order valence-corrected chi connectivity index (χ3v) is 7.32. The number of carbonyl (C=O) groups excluding carboxylic acids is 4. The molecule has 23 heteroatoms. The molecule has 13 N–H and O–H groups in total. The van der Waals surface area contributed by atoms with Gasteiger partial charge in [0.25, 0.3) is 11.5 Å². The maximum atomic E-state index is 13.0. The Morgan fingerprint density at radius 1 is 0.943 bits per heavy atom. The number of nitrogen functional groups attached to an aromatic ring is 1. The fourth-order valence-corrected chi connectivity index (χ4v) is 4.46. The molecule has 0 fully saturated rings. The highest BCUT2D eigenvalue weighted by Gasteiger charge is 2.30. The van der Waals surface area contributed by atoms with Gasteiger partial charge in [-0.1, -0.05) is 0 Å². The van der Waals surface area contributed by atoms with Gasteiger partial charge in [-0.25, -0.2) is 14.8 Å². The summed E-state index contributed by atoms with van der Waals surface area (Å²) in [5.41, 5.74) is 11.7. The summed E-state index contributed by atoms with van der Waals surface area (Å²) in [4.78, 5) is 111. The average Bonchev–Trinajstić information content (AvgIpc) is 3.10. The van der Waals surface area contributed by atoms with Crippen molar-refractivity contribution in [1.82, 2.24) is 31.2 Å². The molecule has 0 spiro atoms. The van der Waals surface area contributed by atoms with Crippen molar-refractivity contribution in [3.8, 4) is 0 Å². The maximum Gasteiger partial charge on any atom is 0.327 e. The van der Waals surface area contributed by atoms with Crippen molar-refractivity contribution in [3.63, 3.8) is 0 Å². The number of hydrogen-bond donors (Lipinski definition) is 12. The molecule has 1 aromatic carbocycles. The predicted molar refractivity (Wildman–Crippen MR) is 193 cm³/mol. The Hall–Kier alpha value is -6.36. The Morgan fingerprint density at radius 2 is 1.58 bits per heavy atom. The van der Waals surface area contributed by atoms with Crippen LogP contribution in [0.1, 0.15) is 36.5 Å². The Kier molecular flexibility index (Phi) is 16.5. The van der Waals surface area contributed by atoms with Crippen LogP contribution in [0.3, 0.4) is 0 Å². The molecule has 0 saturated carbocycles. The molecular formula is C30H39N11O11S. The van der Waals surface area contributed by atoms with E-state index in [2.05, 4.69) is 60.6 Å². The summed E-state index contributed by atoms with van der Waals surface area (Å²) in [6.45, 7) is 4.57. The molecule has 0 aliphatic carbocycles. The molecule has 0 saturated heterocycles. The first kappa shape index (κ1) is 42.8. The number of anilines is 2. The van der Waals surface area contributed by atoms with Gasteiger partial charge >= 0.3 is 17.9 Å². The summed E-state index contributed by atoms with van der Waals surface area (Å²) < 4.78 is 0. The lowest BCUT2D eigenvalue weighted by Gasteiger charge is -2.22. The number of carboxylic acids is 3. The molecule has 2 aromatic rings. The van der Waals surface area contributed by atoms with Crippen LogP contribution in [0.5, 0.6) is 0 Å². The van der Waals surface area contributed by atoms with Crippen molar-refractivity contribution in [1.29, 1.82) is 0 Å². The molecule has 2 rings (SSSR count). The molecule has 0 unspecified atom stereocenters. The fraction of sp³-hybridized carbons (Fsp3) is 0.367. The molecule has 22 nitrogen and oxygen atoms in total. The number of aromatic amines is 1. The molecule has 0 bridgehead atoms. The van der Waals surface area contributed by atoms with E-state index in [9.17, 15) is 38.4 Å². The number of hydrogen-bond acceptors (Lipinski definition) is 15. The minimum absolute atomic E-state index is 0.0454. The first-order valence-corrected chi connectivity index (χ1v) is 16.1. The Balaban J connectivity index is 2.04. The maximum absolute atomic E-state index is 13.0. The van der Waals surface area contributed by atoms with Gasteiger partial charge in [0.05, 0.1) is 13.0 Å². The second-order valence-electron chi connectivity index (χ2n) is 11.1. The summed E-state index contributed by atoms with van der Waals surface area (Å²) in [5, 5.41) is 39.3. The standard InChI is InChI=1S/C30H39N11O11S/c1-13(36-22-23(33-2)40-30(32)41-28(22)50)10-34-15-5-3-14(4-6-15)24(46)37-17(7-8-20(42)43)26(48)35-11-16(31)25(47)38-18(9-21(44)45)27(49)39-19(12-53)29(51)52/h3-6,16-19,34,53H,2,7-12,31H2,1H3,(H,35,48)(H,37,46)(H,38,47)(H,39,49)(H,42,43)(H,44,45)(H,51,52)(H3,32,40,41,50)/b36-13+/t16-,17+,18-,19-/m0/s1. The van der Waals surface area contributed by atoms with Gasteiger partial charge in [0.1, 0.15) is 24.2 Å². The van der Waals surface area contributed by atoms with Crippen LogP contribution in [0, 0.1) is 0 Å². The third kappa shape index (κ3) is 14.1. The average molecular weight is 762 g/mol. The molecule has 53 heavy (non-hydrogen) atoms. The zero-order valence-corrected chi connectivity index (χ0v) is 29.0. The number of nitrogens with two attached hydrogens (primary N) is 2. The number of nitrogens with one attached hydrogen (secondary N) is 6. The SMILES string of the molecule is C=Nc1nc(N)[nH]c(=O)c1/N=C(\C)CNc1ccc(C(=O)N[C@H](CCC(=O)O)C(=O)NC[C@H](N)C(=O)N[C@@H](CC(=O)O)C(=O)N[C@@H](CS)C(=O)O)cc1. The van der Waals surface area contributed by atoms with Crippen molar-refractivity contribution in [2.75, 3.05) is 29.9 Å². The van der Waals surface area contributed by atoms with Gasteiger partial charge in [0, 0.05) is 35.7 Å². The van der Waals surface area contributed by atoms with Crippen LogP contribution in [0.15, 0.2) is 39.0 Å². The van der Waals surface area contributed by atoms with E-state index in [1.165, 1.54) is 12.1 Å². The van der Waals surface area contributed by atoms with Crippen molar-refractivity contribution >= 4 is 89.7 Å². The van der Waals surface area contributed by atoms with Gasteiger partial charge in [-0.2, -0.15) is 17.6 Å². The number of carboxylic acid groups (broad SMARTS) is 3. The van der Waals surface area contributed by atoms with E-state index in [1.807, 2.05) is 5.32 Å². The van der Waals surface area contributed by atoms with E-state index >= 15 is 0 Å². The first-order valence-electron chi connectivity index (χ1n) is 15.4. The number of nitrogens with zero attached hydrogens (tertiary/aromatic N) is 3. The third-order valence-electron chi connectivity index (χ3n) is 6.95. The van der Waals surface area contributed by atoms with E-state index in [0.717, 1.165) is 0 Å². The summed E-state index contributed by atoms with van der Waals surface area (Å²) in [7, 11) is 0. The number of amides is 4. The molecular weight excluding hydrogens is 722 g/mol. The second kappa shape index (κ2) is 20.5. The Morgan fingerprint density at radius 3 is 2.15 bits per heavy atom. The van der Waals surface area contributed by atoms with Gasteiger partial charge in [-0.3, -0.25) is 38.5 Å². The van der Waals surface area contributed by atoms with Crippen LogP contribution in [0.25, 0.3) is 0 Å². The van der Waals surface area contributed by atoms with Crippen LogP contribution in [-0.4, -0.2) is 122 Å². The van der Waals surface area contributed by atoms with E-state index in [0.29, 0.717) is 11.4 Å². The number of thiol groups is 1. The number of aliphatic carboxylic acids is 3. The molecule has 1 heterocycles. The van der Waals surface area contributed by atoms with Crippen LogP contribution in [0.2, 0.25) is 0 Å². The van der Waals surface area contributed by atoms with Gasteiger partial charge in [0.15, 0.2) is 11.5 Å². The first-order chi connectivity index (χ1) is 24.9. The number of rotatable bonds is 21. The molecule has 0 aliphatic heterocycles. The van der Waals surface area contributed by atoms with E-state index in [4.69, 9.17) is 26.8 Å². The van der Waals surface area contributed by atoms with Gasteiger partial charge < -0.3 is 53.4 Å². The molecule has 1 aromatic heterocycles. The molecule has 286 valence electrons. The normalized spacial score (nSPS) is 13.3. The topological polar surface area (TPSA) is 363 Å². The van der Waals surface area contributed by atoms with Crippen LogP contribution in [-0.2, 0) is 28.8 Å². The Labute approximate surface area is 305 Å².